The maximum Gasteiger partial charge on any atom is 0.274 e. The first-order valence-electron chi connectivity index (χ1n) is 8.77. The third-order valence-electron chi connectivity index (χ3n) is 5.00. The second-order valence-electron chi connectivity index (χ2n) is 6.84. The van der Waals surface area contributed by atoms with Crippen molar-refractivity contribution in [3.8, 4) is 0 Å². The number of nitrogens with one attached hydrogen (secondary N) is 1. The van der Waals surface area contributed by atoms with Gasteiger partial charge in [-0.2, -0.15) is 0 Å². The Balaban J connectivity index is 1.70. The van der Waals surface area contributed by atoms with E-state index in [0.717, 1.165) is 29.3 Å². The number of alkyl halides is 3. The van der Waals surface area contributed by atoms with Gasteiger partial charge in [-0.3, -0.25) is 9.59 Å². The zero-order chi connectivity index (χ0) is 18.7. The highest BCUT2D eigenvalue weighted by Gasteiger charge is 2.36. The number of halogens is 3. The van der Waals surface area contributed by atoms with Crippen LogP contribution in [0.15, 0.2) is 30.5 Å². The van der Waals surface area contributed by atoms with Crippen LogP contribution in [0.1, 0.15) is 31.2 Å². The summed E-state index contributed by atoms with van der Waals surface area (Å²) < 4.78 is -1.97. The molecule has 0 atom stereocenters. The molecule has 4 nitrogen and oxygen atoms in total. The average molecular weight is 416 g/mol. The van der Waals surface area contributed by atoms with E-state index >= 15 is 0 Å². The molecule has 1 aromatic carbocycles. The number of rotatable bonds is 5. The fourth-order valence-corrected chi connectivity index (χ4v) is 3.90. The van der Waals surface area contributed by atoms with E-state index in [-0.39, 0.29) is 5.92 Å². The molecule has 1 aliphatic carbocycles. The van der Waals surface area contributed by atoms with Crippen molar-refractivity contribution < 1.29 is 9.59 Å². The molecule has 140 valence electrons. The Morgan fingerprint density at radius 1 is 1.19 bits per heavy atom. The van der Waals surface area contributed by atoms with Gasteiger partial charge in [-0.15, -0.1) is 0 Å². The van der Waals surface area contributed by atoms with Gasteiger partial charge >= 0.3 is 0 Å². The van der Waals surface area contributed by atoms with Gasteiger partial charge in [-0.05, 0) is 36.8 Å². The van der Waals surface area contributed by atoms with Gasteiger partial charge in [0.2, 0.25) is 0 Å². The molecule has 1 fully saturated rings. The third kappa shape index (κ3) is 4.73. The predicted molar refractivity (Wildman–Crippen MR) is 106 cm³/mol. The lowest BCUT2D eigenvalue weighted by atomic mass is 9.88. The predicted octanol–water partition coefficient (Wildman–Crippen LogP) is 4.67. The summed E-state index contributed by atoms with van der Waals surface area (Å²) in [6.45, 7) is 0.988. The van der Waals surface area contributed by atoms with Crippen molar-refractivity contribution >= 4 is 57.4 Å². The minimum absolute atomic E-state index is 0.270. The number of amides is 1. The molecular weight excluding hydrogens is 395 g/mol. The molecule has 0 spiro atoms. The molecule has 2 aromatic rings. The van der Waals surface area contributed by atoms with E-state index in [4.69, 9.17) is 34.8 Å². The Kier molecular flexibility index (Phi) is 6.16. The maximum atomic E-state index is 12.6. The number of hydrogen-bond donors (Lipinski definition) is 1. The molecule has 1 saturated carbocycles. The molecule has 0 bridgehead atoms. The summed E-state index contributed by atoms with van der Waals surface area (Å²) in [5.74, 6) is 0.0607. The van der Waals surface area contributed by atoms with Gasteiger partial charge in [0.1, 0.15) is 5.78 Å². The summed E-state index contributed by atoms with van der Waals surface area (Å²) in [6.07, 6.45) is 5.35. The molecule has 0 unspecified atom stereocenters. The summed E-state index contributed by atoms with van der Waals surface area (Å²) in [4.78, 5) is 28.9. The second-order valence-corrected chi connectivity index (χ2v) is 9.12. The highest BCUT2D eigenvalue weighted by atomic mass is 35.6. The van der Waals surface area contributed by atoms with E-state index in [1.165, 1.54) is 0 Å². The van der Waals surface area contributed by atoms with E-state index < -0.39 is 9.70 Å². The van der Waals surface area contributed by atoms with Crippen LogP contribution >= 0.6 is 34.8 Å². The molecule has 3 rings (SSSR count). The van der Waals surface area contributed by atoms with Gasteiger partial charge in [0.05, 0.1) is 0 Å². The average Bonchev–Trinajstić information content (AvgIpc) is 3.02. The summed E-state index contributed by atoms with van der Waals surface area (Å²) >= 11 is 17.6. The zero-order valence-corrected chi connectivity index (χ0v) is 16.6. The molecule has 1 amide bonds. The Hall–Kier alpha value is -1.23. The van der Waals surface area contributed by atoms with Crippen LogP contribution in [0.3, 0.4) is 0 Å². The van der Waals surface area contributed by atoms with E-state index in [2.05, 4.69) is 11.1 Å². The Labute approximate surface area is 167 Å². The number of hydrogen-bond acceptors (Lipinski definition) is 2. The van der Waals surface area contributed by atoms with Crippen LogP contribution in [0.25, 0.3) is 10.9 Å². The van der Waals surface area contributed by atoms with Crippen LogP contribution < -0.4 is 0 Å². The van der Waals surface area contributed by atoms with Crippen LogP contribution in [0.4, 0.5) is 0 Å². The quantitative estimate of drug-likeness (QED) is 0.722. The number of para-hydroxylation sites is 1. The topological polar surface area (TPSA) is 53.2 Å². The maximum absolute atomic E-state index is 12.6. The largest absolute Gasteiger partial charge is 0.361 e. The number of aromatic amines is 1. The summed E-state index contributed by atoms with van der Waals surface area (Å²) in [7, 11) is 0. The fraction of sp³-hybridized carbons (Fsp3) is 0.474. The molecular formula is C19H21Cl3N2O2. The first kappa shape index (κ1) is 19.5. The molecule has 1 N–H and O–H groups in total. The molecule has 7 heteroatoms. The van der Waals surface area contributed by atoms with Crippen molar-refractivity contribution in [2.24, 2.45) is 5.92 Å². The molecule has 0 aliphatic heterocycles. The van der Waals surface area contributed by atoms with Crippen LogP contribution in [0.2, 0.25) is 0 Å². The first-order valence-corrected chi connectivity index (χ1v) is 9.91. The van der Waals surface area contributed by atoms with Crippen molar-refractivity contribution in [3.05, 3.63) is 36.0 Å². The Morgan fingerprint density at radius 3 is 2.58 bits per heavy atom. The molecule has 0 radical (unpaired) electrons. The number of aromatic nitrogens is 1. The summed E-state index contributed by atoms with van der Waals surface area (Å²) in [5, 5.41) is 1.14. The van der Waals surface area contributed by atoms with Gasteiger partial charge < -0.3 is 9.88 Å². The highest BCUT2D eigenvalue weighted by Crippen LogP contribution is 2.31. The number of H-pyrrole nitrogens is 1. The number of ketones is 1. The van der Waals surface area contributed by atoms with Crippen LogP contribution in [0.5, 0.6) is 0 Å². The van der Waals surface area contributed by atoms with Crippen molar-refractivity contribution in [1.29, 1.82) is 0 Å². The van der Waals surface area contributed by atoms with E-state index in [9.17, 15) is 9.59 Å². The number of Topliss-reactive ketones (excluding diaryl/α,β-unsaturated/α-hetero) is 1. The minimum Gasteiger partial charge on any atom is -0.361 e. The van der Waals surface area contributed by atoms with E-state index in [1.807, 2.05) is 24.4 Å². The van der Waals surface area contributed by atoms with Gasteiger partial charge in [0.15, 0.2) is 0 Å². The third-order valence-corrected chi connectivity index (χ3v) is 5.48. The fourth-order valence-electron chi connectivity index (χ4n) is 3.54. The van der Waals surface area contributed by atoms with Crippen molar-refractivity contribution in [2.75, 3.05) is 13.1 Å². The summed E-state index contributed by atoms with van der Waals surface area (Å²) in [5.41, 5.74) is 2.19. The minimum atomic E-state index is -1.97. The van der Waals surface area contributed by atoms with Gasteiger partial charge in [-0.25, -0.2) is 0 Å². The number of nitrogens with zero attached hydrogens (tertiary/aromatic N) is 1. The van der Waals surface area contributed by atoms with Gasteiger partial charge in [-0.1, -0.05) is 53.0 Å². The van der Waals surface area contributed by atoms with Crippen LogP contribution in [-0.2, 0) is 16.0 Å². The van der Waals surface area contributed by atoms with Gasteiger partial charge in [0.25, 0.3) is 9.70 Å². The van der Waals surface area contributed by atoms with Crippen LogP contribution in [-0.4, -0.2) is 38.5 Å². The molecule has 26 heavy (non-hydrogen) atoms. The first-order chi connectivity index (χ1) is 12.3. The molecule has 1 heterocycles. The van der Waals surface area contributed by atoms with Crippen LogP contribution in [0, 0.1) is 5.92 Å². The SMILES string of the molecule is O=C1CCC(CN(CCc2c[nH]c3ccccc23)C(=O)C(Cl)(Cl)Cl)CC1. The van der Waals surface area contributed by atoms with Crippen molar-refractivity contribution in [1.82, 2.24) is 9.88 Å². The number of benzene rings is 1. The lowest BCUT2D eigenvalue weighted by Crippen LogP contribution is -2.43. The second kappa shape index (κ2) is 8.20. The monoisotopic (exact) mass is 414 g/mol. The van der Waals surface area contributed by atoms with Gasteiger partial charge in [0, 0.05) is 43.0 Å². The number of carbonyl (C=O) groups excluding carboxylic acids is 2. The van der Waals surface area contributed by atoms with Crippen molar-refractivity contribution in [3.63, 3.8) is 0 Å². The number of fused-ring (bicyclic) bond motifs is 1. The number of carbonyl (C=O) groups is 2. The van der Waals surface area contributed by atoms with E-state index in [0.29, 0.717) is 38.1 Å². The Bertz CT molecular complexity index is 787. The lowest BCUT2D eigenvalue weighted by Gasteiger charge is -2.31. The summed E-state index contributed by atoms with van der Waals surface area (Å²) in [6, 6.07) is 8.03. The highest BCUT2D eigenvalue weighted by molar-refractivity contribution is 6.76. The van der Waals surface area contributed by atoms with Crippen molar-refractivity contribution in [2.45, 2.75) is 35.9 Å². The molecule has 0 saturated heterocycles. The lowest BCUT2D eigenvalue weighted by molar-refractivity contribution is -0.131. The van der Waals surface area contributed by atoms with E-state index in [1.54, 1.807) is 4.90 Å². The smallest absolute Gasteiger partial charge is 0.274 e. The molecule has 1 aromatic heterocycles. The normalized spacial score (nSPS) is 16.2. The standard InChI is InChI=1S/C19H21Cl3N2O2/c20-19(21,22)18(26)24(12-13-5-7-15(25)8-6-13)10-9-14-11-23-17-4-2-1-3-16(14)17/h1-4,11,13,23H,5-10,12H2. The zero-order valence-electron chi connectivity index (χ0n) is 14.3. The molecule has 1 aliphatic rings. The Morgan fingerprint density at radius 2 is 1.88 bits per heavy atom.